The molecule has 3 rings (SSSR count). The first kappa shape index (κ1) is 15.6. The number of halogens is 1. The smallest absolute Gasteiger partial charge is 0.129 e. The van der Waals surface area contributed by atoms with Crippen LogP contribution in [0.4, 0.5) is 5.69 Å². The molecule has 0 radical (unpaired) electrons. The van der Waals surface area contributed by atoms with Crippen LogP contribution in [0.1, 0.15) is 5.56 Å². The maximum atomic E-state index is 9.57. The van der Waals surface area contributed by atoms with Gasteiger partial charge in [0, 0.05) is 18.4 Å². The van der Waals surface area contributed by atoms with Gasteiger partial charge in [-0.3, -0.25) is 4.99 Å². The number of aliphatic imine (C=N–C) groups is 1. The Balaban J connectivity index is 1.79. The van der Waals surface area contributed by atoms with Crippen molar-refractivity contribution < 1.29 is 9.84 Å². The number of rotatable bonds is 3. The van der Waals surface area contributed by atoms with Gasteiger partial charge in [-0.2, -0.15) is 0 Å². The summed E-state index contributed by atoms with van der Waals surface area (Å²) in [6.45, 7) is 1.43. The van der Waals surface area contributed by atoms with E-state index in [1.165, 1.54) is 0 Å². The van der Waals surface area contributed by atoms with E-state index in [1.807, 2.05) is 42.6 Å². The molecule has 1 aliphatic heterocycles. The van der Waals surface area contributed by atoms with E-state index in [2.05, 4.69) is 31.9 Å². The molecule has 4 nitrogen and oxygen atoms in total. The minimum Gasteiger partial charge on any atom is -0.507 e. The Morgan fingerprint density at radius 1 is 1.22 bits per heavy atom. The van der Waals surface area contributed by atoms with E-state index in [0.717, 1.165) is 29.1 Å². The van der Waals surface area contributed by atoms with Gasteiger partial charge in [-0.15, -0.1) is 0 Å². The molecule has 0 atom stereocenters. The fourth-order valence-electron chi connectivity index (χ4n) is 2.44. The molecule has 23 heavy (non-hydrogen) atoms. The Bertz CT molecular complexity index is 754. The molecule has 2 aromatic rings. The third kappa shape index (κ3) is 3.74. The zero-order chi connectivity index (χ0) is 16.2. The van der Waals surface area contributed by atoms with Crippen molar-refractivity contribution in [3.8, 4) is 11.5 Å². The second-order valence-corrected chi connectivity index (χ2v) is 6.13. The van der Waals surface area contributed by atoms with E-state index in [0.29, 0.717) is 11.1 Å². The van der Waals surface area contributed by atoms with Crippen molar-refractivity contribution in [3.63, 3.8) is 0 Å². The summed E-state index contributed by atoms with van der Waals surface area (Å²) in [5.74, 6) is 1.09. The number of methoxy groups -OCH3 is 1. The van der Waals surface area contributed by atoms with Gasteiger partial charge < -0.3 is 14.7 Å². The number of hydrogen-bond donors (Lipinski definition) is 1. The number of benzene rings is 2. The van der Waals surface area contributed by atoms with Crippen LogP contribution in [0, 0.1) is 0 Å². The van der Waals surface area contributed by atoms with Gasteiger partial charge in [0.1, 0.15) is 18.2 Å². The molecule has 0 unspecified atom stereocenters. The number of aromatic hydroxyl groups is 1. The van der Waals surface area contributed by atoms with Crippen LogP contribution < -0.4 is 9.64 Å². The van der Waals surface area contributed by atoms with Crippen LogP contribution in [0.5, 0.6) is 11.5 Å². The lowest BCUT2D eigenvalue weighted by Gasteiger charge is -2.26. The van der Waals surface area contributed by atoms with Crippen molar-refractivity contribution in [1.29, 1.82) is 0 Å². The third-order valence-corrected chi connectivity index (χ3v) is 4.28. The second kappa shape index (κ2) is 6.87. The third-order valence-electron chi connectivity index (χ3n) is 3.64. The van der Waals surface area contributed by atoms with E-state index in [-0.39, 0.29) is 5.75 Å². The Kier molecular flexibility index (Phi) is 4.67. The summed E-state index contributed by atoms with van der Waals surface area (Å²) in [5.41, 5.74) is 3.25. The molecule has 118 valence electrons. The largest absolute Gasteiger partial charge is 0.507 e. The molecule has 5 heteroatoms. The number of phenols is 1. The van der Waals surface area contributed by atoms with Crippen molar-refractivity contribution in [2.45, 2.75) is 0 Å². The van der Waals surface area contributed by atoms with Crippen molar-refractivity contribution in [2.24, 2.45) is 4.99 Å². The zero-order valence-electron chi connectivity index (χ0n) is 12.7. The van der Waals surface area contributed by atoms with Gasteiger partial charge in [0.25, 0.3) is 0 Å². The molecule has 0 aromatic heterocycles. The Morgan fingerprint density at radius 2 is 2.00 bits per heavy atom. The van der Waals surface area contributed by atoms with Gasteiger partial charge in [0.2, 0.25) is 0 Å². The first-order chi connectivity index (χ1) is 11.2. The Morgan fingerprint density at radius 3 is 2.70 bits per heavy atom. The van der Waals surface area contributed by atoms with E-state index in [1.54, 1.807) is 13.2 Å². The zero-order valence-corrected chi connectivity index (χ0v) is 14.3. The molecule has 1 heterocycles. The summed E-state index contributed by atoms with van der Waals surface area (Å²) in [7, 11) is 1.66. The molecule has 0 fully saturated rings. The maximum Gasteiger partial charge on any atom is 0.129 e. The van der Waals surface area contributed by atoms with Crippen LogP contribution >= 0.6 is 15.9 Å². The molecule has 0 bridgehead atoms. The van der Waals surface area contributed by atoms with Crippen molar-refractivity contribution in [3.05, 3.63) is 58.1 Å². The van der Waals surface area contributed by atoms with Gasteiger partial charge in [0.05, 0.1) is 11.6 Å². The van der Waals surface area contributed by atoms with Gasteiger partial charge in [-0.25, -0.2) is 0 Å². The lowest BCUT2D eigenvalue weighted by atomic mass is 10.1. The van der Waals surface area contributed by atoms with E-state index in [4.69, 9.17) is 4.74 Å². The number of anilines is 1. The minimum absolute atomic E-state index is 0.240. The molecule has 0 amide bonds. The van der Waals surface area contributed by atoms with Gasteiger partial charge in [-0.05, 0) is 69.5 Å². The van der Waals surface area contributed by atoms with E-state index in [9.17, 15) is 5.11 Å². The highest BCUT2D eigenvalue weighted by Crippen LogP contribution is 2.26. The summed E-state index contributed by atoms with van der Waals surface area (Å²) < 4.78 is 5.88. The van der Waals surface area contributed by atoms with E-state index >= 15 is 0 Å². The summed E-state index contributed by atoms with van der Waals surface area (Å²) in [6, 6.07) is 13.4. The molecule has 1 aliphatic rings. The molecule has 0 saturated carbocycles. The highest BCUT2D eigenvalue weighted by Gasteiger charge is 2.12. The molecule has 0 aliphatic carbocycles. The van der Waals surface area contributed by atoms with Crippen molar-refractivity contribution in [1.82, 2.24) is 0 Å². The number of hydrogen-bond acceptors (Lipinski definition) is 4. The fraction of sp³-hybridized carbons (Fsp3) is 0.167. The topological polar surface area (TPSA) is 45.1 Å². The minimum atomic E-state index is 0.240. The van der Waals surface area contributed by atoms with Crippen molar-refractivity contribution >= 4 is 33.9 Å². The summed E-state index contributed by atoms with van der Waals surface area (Å²) in [5, 5.41) is 9.57. The van der Waals surface area contributed by atoms with E-state index < -0.39 is 0 Å². The highest BCUT2D eigenvalue weighted by molar-refractivity contribution is 9.10. The highest BCUT2D eigenvalue weighted by atomic mass is 79.9. The van der Waals surface area contributed by atoms with Crippen LogP contribution in [0.25, 0.3) is 6.08 Å². The maximum absolute atomic E-state index is 9.57. The average molecular weight is 373 g/mol. The van der Waals surface area contributed by atoms with Gasteiger partial charge in [0.15, 0.2) is 0 Å². The lowest BCUT2D eigenvalue weighted by molar-refractivity contribution is 0.415. The molecular weight excluding hydrogens is 356 g/mol. The Hall–Kier alpha value is -2.27. The van der Waals surface area contributed by atoms with Crippen LogP contribution in [0.15, 0.2) is 57.5 Å². The lowest BCUT2D eigenvalue weighted by Crippen LogP contribution is -2.29. The predicted octanol–water partition coefficient (Wildman–Crippen LogP) is 4.10. The molecule has 2 aromatic carbocycles. The molecule has 1 N–H and O–H groups in total. The number of ether oxygens (including phenoxy) is 1. The molecule has 0 saturated heterocycles. The summed E-state index contributed by atoms with van der Waals surface area (Å²) >= 11 is 3.34. The molecular formula is C18H17BrN2O2. The first-order valence-electron chi connectivity index (χ1n) is 7.23. The van der Waals surface area contributed by atoms with Crippen LogP contribution in [0.2, 0.25) is 0 Å². The fourth-order valence-corrected chi connectivity index (χ4v) is 2.84. The standard InChI is InChI=1S/C18H17BrN2O2/c1-23-16-5-3-15(4-6-16)21-11-14(10-20-12-21)8-13-2-7-18(22)17(19)9-13/h2-10,22H,11-12H2,1H3/b14-8-. The van der Waals surface area contributed by atoms with Crippen LogP contribution in [-0.2, 0) is 0 Å². The monoisotopic (exact) mass is 372 g/mol. The predicted molar refractivity (Wildman–Crippen MR) is 97.5 cm³/mol. The number of nitrogens with zero attached hydrogens (tertiary/aromatic N) is 2. The second-order valence-electron chi connectivity index (χ2n) is 5.28. The van der Waals surface area contributed by atoms with Gasteiger partial charge in [-0.1, -0.05) is 6.07 Å². The summed E-state index contributed by atoms with van der Waals surface area (Å²) in [6.07, 6.45) is 3.98. The van der Waals surface area contributed by atoms with Crippen LogP contribution in [0.3, 0.4) is 0 Å². The Labute approximate surface area is 143 Å². The number of phenolic OH excluding ortho intramolecular Hbond substituents is 1. The van der Waals surface area contributed by atoms with Crippen molar-refractivity contribution in [2.75, 3.05) is 25.2 Å². The summed E-state index contributed by atoms with van der Waals surface area (Å²) in [4.78, 5) is 6.63. The molecule has 0 spiro atoms. The SMILES string of the molecule is COc1ccc(N2CN=C/C(=C/c3ccc(O)c(Br)c3)C2)cc1. The van der Waals surface area contributed by atoms with Gasteiger partial charge >= 0.3 is 0 Å². The average Bonchev–Trinajstić information content (AvgIpc) is 2.58. The first-order valence-corrected chi connectivity index (χ1v) is 8.03. The normalized spacial score (nSPS) is 15.9. The quantitative estimate of drug-likeness (QED) is 0.881. The van der Waals surface area contributed by atoms with Crippen LogP contribution in [-0.4, -0.2) is 31.6 Å².